The lowest BCUT2D eigenvalue weighted by Crippen LogP contribution is -2.42. The largest absolute Gasteiger partial charge is 0.496 e. The van der Waals surface area contributed by atoms with Gasteiger partial charge >= 0.3 is 6.18 Å². The highest BCUT2D eigenvalue weighted by molar-refractivity contribution is 6.05. The van der Waals surface area contributed by atoms with Gasteiger partial charge in [-0.3, -0.25) is 4.79 Å². The van der Waals surface area contributed by atoms with E-state index in [0.717, 1.165) is 44.7 Å². The van der Waals surface area contributed by atoms with Gasteiger partial charge in [0.25, 0.3) is 5.91 Å². The molecule has 42 heavy (non-hydrogen) atoms. The van der Waals surface area contributed by atoms with Crippen LogP contribution in [0.1, 0.15) is 34.3 Å². The Morgan fingerprint density at radius 3 is 2.52 bits per heavy atom. The number of hydrogen-bond donors (Lipinski definition) is 2. The zero-order valence-electron chi connectivity index (χ0n) is 23.7. The number of piperidine rings is 1. The summed E-state index contributed by atoms with van der Waals surface area (Å²) in [6, 6.07) is 8.84. The lowest BCUT2D eigenvalue weighted by Gasteiger charge is -2.35. The van der Waals surface area contributed by atoms with Gasteiger partial charge in [-0.1, -0.05) is 6.07 Å². The van der Waals surface area contributed by atoms with Gasteiger partial charge in [-0.2, -0.15) is 13.2 Å². The molecule has 1 aliphatic rings. The molecule has 0 spiro atoms. The number of carbonyl (C=O) groups excluding carboxylic acids is 1. The summed E-state index contributed by atoms with van der Waals surface area (Å²) in [5.41, 5.74) is 1.75. The molecule has 2 aromatic carbocycles. The molecule has 0 unspecified atom stereocenters. The summed E-state index contributed by atoms with van der Waals surface area (Å²) >= 11 is 0. The Bertz CT molecular complexity index is 1600. The Morgan fingerprint density at radius 1 is 1.07 bits per heavy atom. The van der Waals surface area contributed by atoms with Crippen molar-refractivity contribution in [1.29, 1.82) is 0 Å². The van der Waals surface area contributed by atoms with Crippen LogP contribution >= 0.6 is 0 Å². The number of ether oxygens (including phenoxy) is 1. The van der Waals surface area contributed by atoms with Crippen molar-refractivity contribution in [3.05, 3.63) is 65.6 Å². The second-order valence-corrected chi connectivity index (χ2v) is 10.3. The molecule has 10 nitrogen and oxygen atoms in total. The number of aryl methyl sites for hydroxylation is 1. The summed E-state index contributed by atoms with van der Waals surface area (Å²) in [6.07, 6.45) is 0.451. The molecule has 2 aromatic heterocycles. The van der Waals surface area contributed by atoms with Crippen LogP contribution in [0, 0.1) is 6.92 Å². The number of anilines is 4. The number of benzene rings is 2. The second kappa shape index (κ2) is 11.8. The predicted octanol–water partition coefficient (Wildman–Crippen LogP) is 5.28. The van der Waals surface area contributed by atoms with Crippen molar-refractivity contribution < 1.29 is 22.7 Å². The first-order valence-electron chi connectivity index (χ1n) is 13.4. The highest BCUT2D eigenvalue weighted by atomic mass is 19.4. The molecule has 5 rings (SSSR count). The minimum absolute atomic E-state index is 0.0103. The summed E-state index contributed by atoms with van der Waals surface area (Å²) in [4.78, 5) is 35.4. The maximum Gasteiger partial charge on any atom is 0.420 e. The van der Waals surface area contributed by atoms with E-state index >= 15 is 0 Å². The molecule has 4 aromatic rings. The zero-order valence-corrected chi connectivity index (χ0v) is 23.7. The molecule has 2 N–H and O–H groups in total. The fraction of sp³-hybridized carbons (Fsp3) is 0.345. The number of methoxy groups -OCH3 is 1. The van der Waals surface area contributed by atoms with Gasteiger partial charge in [0.1, 0.15) is 23.1 Å². The third kappa shape index (κ3) is 6.20. The number of fused-ring (bicyclic) bond motifs is 1. The first kappa shape index (κ1) is 29.0. The minimum atomic E-state index is -4.64. The SMILES string of the molecule is COc1ccc(NC(=O)c2ccc(C)c(Nc3ncnc4cnc(N5CCC(N(C)C)CC5)nc34)c2)cc1C(F)(F)F. The molecule has 0 saturated carbocycles. The number of rotatable bonds is 7. The van der Waals surface area contributed by atoms with Crippen LogP contribution in [0.4, 0.5) is 36.3 Å². The van der Waals surface area contributed by atoms with Gasteiger partial charge in [0.05, 0.1) is 18.9 Å². The molecule has 0 aliphatic carbocycles. The summed E-state index contributed by atoms with van der Waals surface area (Å²) in [6.45, 7) is 3.53. The standard InChI is InChI=1S/C29H31F3N8O2/c1-17-5-6-18(27(41)36-19-7-8-24(42-4)21(14-19)29(30,31)32)13-22(17)37-26-25-23(34-16-35-26)15-33-28(38-25)40-11-9-20(10-12-40)39(2)3/h5-8,13-16,20H,9-12H2,1-4H3,(H,36,41)(H,34,35,37). The lowest BCUT2D eigenvalue weighted by molar-refractivity contribution is -0.138. The Kier molecular flexibility index (Phi) is 8.12. The van der Waals surface area contributed by atoms with Gasteiger partial charge < -0.3 is 25.2 Å². The number of alkyl halides is 3. The van der Waals surface area contributed by atoms with E-state index in [4.69, 9.17) is 9.72 Å². The number of carbonyl (C=O) groups is 1. The molecule has 3 heterocycles. The molecule has 13 heteroatoms. The Balaban J connectivity index is 1.38. The number of halogens is 3. The van der Waals surface area contributed by atoms with Crippen LogP contribution in [0.15, 0.2) is 48.9 Å². The number of nitrogens with one attached hydrogen (secondary N) is 2. The van der Waals surface area contributed by atoms with Crippen molar-refractivity contribution in [3.8, 4) is 5.75 Å². The molecule has 1 aliphatic heterocycles. The van der Waals surface area contributed by atoms with Crippen LogP contribution in [0.5, 0.6) is 5.75 Å². The number of amides is 1. The number of hydrogen-bond acceptors (Lipinski definition) is 9. The predicted molar refractivity (Wildman–Crippen MR) is 154 cm³/mol. The van der Waals surface area contributed by atoms with Crippen LogP contribution in [-0.4, -0.2) is 71.1 Å². The first-order chi connectivity index (χ1) is 20.0. The lowest BCUT2D eigenvalue weighted by atomic mass is 10.0. The summed E-state index contributed by atoms with van der Waals surface area (Å²) in [5.74, 6) is 0.136. The molecular formula is C29H31F3N8O2. The molecule has 0 bridgehead atoms. The maximum absolute atomic E-state index is 13.4. The quantitative estimate of drug-likeness (QED) is 0.302. The van der Waals surface area contributed by atoms with Crippen molar-refractivity contribution in [1.82, 2.24) is 24.8 Å². The molecular weight excluding hydrogens is 549 g/mol. The summed E-state index contributed by atoms with van der Waals surface area (Å²) < 4.78 is 45.1. The van der Waals surface area contributed by atoms with Crippen LogP contribution in [-0.2, 0) is 6.18 Å². The highest BCUT2D eigenvalue weighted by Crippen LogP contribution is 2.38. The van der Waals surface area contributed by atoms with Crippen LogP contribution in [0.3, 0.4) is 0 Å². The number of nitrogens with zero attached hydrogens (tertiary/aromatic N) is 6. The third-order valence-electron chi connectivity index (χ3n) is 7.36. The first-order valence-corrected chi connectivity index (χ1v) is 13.4. The van der Waals surface area contributed by atoms with E-state index in [1.165, 1.54) is 18.5 Å². The monoisotopic (exact) mass is 580 g/mol. The van der Waals surface area contributed by atoms with E-state index in [9.17, 15) is 18.0 Å². The second-order valence-electron chi connectivity index (χ2n) is 10.3. The van der Waals surface area contributed by atoms with Crippen molar-refractivity contribution in [2.75, 3.05) is 49.8 Å². The molecule has 220 valence electrons. The van der Waals surface area contributed by atoms with Crippen LogP contribution < -0.4 is 20.3 Å². The summed E-state index contributed by atoms with van der Waals surface area (Å²) in [5, 5.41) is 5.80. The van der Waals surface area contributed by atoms with Gasteiger partial charge in [-0.25, -0.2) is 19.9 Å². The average Bonchev–Trinajstić information content (AvgIpc) is 2.97. The fourth-order valence-electron chi connectivity index (χ4n) is 4.91. The van der Waals surface area contributed by atoms with Gasteiger partial charge in [-0.15, -0.1) is 0 Å². The molecule has 0 atom stereocenters. The highest BCUT2D eigenvalue weighted by Gasteiger charge is 2.34. The Morgan fingerprint density at radius 2 is 1.83 bits per heavy atom. The van der Waals surface area contributed by atoms with Crippen molar-refractivity contribution in [2.24, 2.45) is 0 Å². The van der Waals surface area contributed by atoms with E-state index in [1.54, 1.807) is 24.4 Å². The molecule has 1 amide bonds. The summed E-state index contributed by atoms with van der Waals surface area (Å²) in [7, 11) is 5.34. The minimum Gasteiger partial charge on any atom is -0.496 e. The van der Waals surface area contributed by atoms with Gasteiger partial charge in [0.15, 0.2) is 5.82 Å². The van der Waals surface area contributed by atoms with Gasteiger partial charge in [0, 0.05) is 36.1 Å². The Labute approximate surface area is 241 Å². The van der Waals surface area contributed by atoms with Crippen molar-refractivity contribution in [2.45, 2.75) is 32.0 Å². The smallest absolute Gasteiger partial charge is 0.420 e. The Hall–Kier alpha value is -4.52. The van der Waals surface area contributed by atoms with Crippen LogP contribution in [0.2, 0.25) is 0 Å². The third-order valence-corrected chi connectivity index (χ3v) is 7.36. The van der Waals surface area contributed by atoms with E-state index in [2.05, 4.69) is 49.5 Å². The van der Waals surface area contributed by atoms with E-state index in [0.29, 0.717) is 34.5 Å². The zero-order chi connectivity index (χ0) is 30.0. The fourth-order valence-corrected chi connectivity index (χ4v) is 4.91. The topological polar surface area (TPSA) is 108 Å². The van der Waals surface area contributed by atoms with Gasteiger partial charge in [0.2, 0.25) is 5.95 Å². The normalized spacial score (nSPS) is 14.3. The van der Waals surface area contributed by atoms with Crippen molar-refractivity contribution in [3.63, 3.8) is 0 Å². The number of aromatic nitrogens is 4. The van der Waals surface area contributed by atoms with E-state index < -0.39 is 17.6 Å². The molecule has 1 saturated heterocycles. The average molecular weight is 581 g/mol. The van der Waals surface area contributed by atoms with Crippen molar-refractivity contribution >= 4 is 40.1 Å². The molecule has 1 fully saturated rings. The van der Waals surface area contributed by atoms with E-state index in [1.807, 2.05) is 6.92 Å². The van der Waals surface area contributed by atoms with Gasteiger partial charge in [-0.05, 0) is 69.8 Å². The maximum atomic E-state index is 13.4. The van der Waals surface area contributed by atoms with E-state index in [-0.39, 0.29) is 17.0 Å². The molecule has 0 radical (unpaired) electrons. The van der Waals surface area contributed by atoms with Crippen LogP contribution in [0.25, 0.3) is 11.0 Å².